The molecule has 162 valence electrons. The van der Waals surface area contributed by atoms with E-state index >= 15 is 0 Å². The van der Waals surface area contributed by atoms with E-state index in [1.807, 2.05) is 43.0 Å². The number of allylic oxidation sites excluding steroid dienone is 1. The van der Waals surface area contributed by atoms with E-state index in [1.54, 1.807) is 25.4 Å². The fourth-order valence-corrected chi connectivity index (χ4v) is 3.24. The van der Waals surface area contributed by atoms with Gasteiger partial charge in [0, 0.05) is 24.6 Å². The number of nitrogens with zero attached hydrogens (tertiary/aromatic N) is 3. The molecule has 0 unspecified atom stereocenters. The standard InChI is InChI=1S/C23H26N4O4/c1-4-27(21-9-8-18(11-24)13-25-21)17(2)12-26-22(28)14-31-23(15-30-16-23)19-6-5-7-20(10-19)29-3/h5-10,12-13H,4,14-16H2,1-3H3,(H,26,28)/b17-12+. The third-order valence-corrected chi connectivity index (χ3v) is 5.08. The summed E-state index contributed by atoms with van der Waals surface area (Å²) in [5.41, 5.74) is 1.58. The van der Waals surface area contributed by atoms with Crippen molar-refractivity contribution in [3.63, 3.8) is 0 Å². The smallest absolute Gasteiger partial charge is 0.250 e. The number of rotatable bonds is 9. The van der Waals surface area contributed by atoms with Gasteiger partial charge in [-0.25, -0.2) is 4.98 Å². The molecule has 8 nitrogen and oxygen atoms in total. The first kappa shape index (κ1) is 22.3. The number of aromatic nitrogens is 1. The number of anilines is 1. The van der Waals surface area contributed by atoms with Crippen molar-refractivity contribution in [3.05, 3.63) is 65.6 Å². The van der Waals surface area contributed by atoms with Gasteiger partial charge in [0.05, 0.1) is 25.9 Å². The van der Waals surface area contributed by atoms with Crippen molar-refractivity contribution in [2.75, 3.05) is 38.4 Å². The highest BCUT2D eigenvalue weighted by Gasteiger charge is 2.42. The topological polar surface area (TPSA) is 96.7 Å². The van der Waals surface area contributed by atoms with Crippen LogP contribution >= 0.6 is 0 Å². The maximum atomic E-state index is 12.4. The molecule has 2 heterocycles. The summed E-state index contributed by atoms with van der Waals surface area (Å²) in [6, 6.07) is 13.1. The molecule has 0 saturated carbocycles. The number of methoxy groups -OCH3 is 1. The van der Waals surface area contributed by atoms with Crippen molar-refractivity contribution in [1.82, 2.24) is 10.3 Å². The van der Waals surface area contributed by atoms with Crippen LogP contribution in [0.1, 0.15) is 25.0 Å². The van der Waals surface area contributed by atoms with Crippen LogP contribution in [-0.4, -0.2) is 44.4 Å². The van der Waals surface area contributed by atoms with Gasteiger partial charge in [0.25, 0.3) is 0 Å². The number of hydrogen-bond donors (Lipinski definition) is 1. The van der Waals surface area contributed by atoms with E-state index in [0.29, 0.717) is 31.1 Å². The first-order chi connectivity index (χ1) is 15.0. The highest BCUT2D eigenvalue weighted by Crippen LogP contribution is 2.35. The summed E-state index contributed by atoms with van der Waals surface area (Å²) in [7, 11) is 1.61. The number of pyridine rings is 1. The molecule has 0 radical (unpaired) electrons. The number of ether oxygens (including phenoxy) is 3. The summed E-state index contributed by atoms with van der Waals surface area (Å²) >= 11 is 0. The third-order valence-electron chi connectivity index (χ3n) is 5.08. The molecule has 1 aromatic carbocycles. The Morgan fingerprint density at radius 1 is 1.39 bits per heavy atom. The average Bonchev–Trinajstić information content (AvgIpc) is 2.78. The van der Waals surface area contributed by atoms with Crippen LogP contribution in [0.4, 0.5) is 5.82 Å². The Hall–Kier alpha value is -3.41. The van der Waals surface area contributed by atoms with Gasteiger partial charge in [0.1, 0.15) is 29.8 Å². The zero-order valence-electron chi connectivity index (χ0n) is 17.9. The summed E-state index contributed by atoms with van der Waals surface area (Å²) in [6.45, 7) is 5.18. The van der Waals surface area contributed by atoms with E-state index in [-0.39, 0.29) is 12.5 Å². The minimum Gasteiger partial charge on any atom is -0.497 e. The highest BCUT2D eigenvalue weighted by molar-refractivity contribution is 5.78. The van der Waals surface area contributed by atoms with Crippen molar-refractivity contribution in [1.29, 1.82) is 5.26 Å². The van der Waals surface area contributed by atoms with Crippen LogP contribution in [0.3, 0.4) is 0 Å². The fourth-order valence-electron chi connectivity index (χ4n) is 3.24. The Balaban J connectivity index is 1.60. The highest BCUT2D eigenvalue weighted by atomic mass is 16.6. The van der Waals surface area contributed by atoms with E-state index in [0.717, 1.165) is 17.0 Å². The van der Waals surface area contributed by atoms with Crippen LogP contribution in [0.2, 0.25) is 0 Å². The molecule has 8 heteroatoms. The maximum absolute atomic E-state index is 12.4. The quantitative estimate of drug-likeness (QED) is 0.664. The molecule has 1 amide bonds. The molecular formula is C23H26N4O4. The zero-order valence-corrected chi connectivity index (χ0v) is 17.9. The Morgan fingerprint density at radius 3 is 2.77 bits per heavy atom. The van der Waals surface area contributed by atoms with Crippen molar-refractivity contribution in [3.8, 4) is 11.8 Å². The number of amides is 1. The Labute approximate surface area is 182 Å². The monoisotopic (exact) mass is 422 g/mol. The number of nitrogens with one attached hydrogen (secondary N) is 1. The molecule has 2 aromatic rings. The van der Waals surface area contributed by atoms with Crippen molar-refractivity contribution < 1.29 is 19.0 Å². The lowest BCUT2D eigenvalue weighted by Gasteiger charge is -2.41. The molecule has 1 aliphatic rings. The second kappa shape index (κ2) is 10.1. The summed E-state index contributed by atoms with van der Waals surface area (Å²) in [4.78, 5) is 18.6. The van der Waals surface area contributed by atoms with Gasteiger partial charge in [0.2, 0.25) is 5.91 Å². The van der Waals surface area contributed by atoms with Gasteiger partial charge < -0.3 is 24.4 Å². The van der Waals surface area contributed by atoms with Gasteiger partial charge in [-0.3, -0.25) is 4.79 Å². The number of carbonyl (C=O) groups excluding carboxylic acids is 1. The molecule has 0 aliphatic carbocycles. The molecule has 1 N–H and O–H groups in total. The van der Waals surface area contributed by atoms with Crippen LogP contribution < -0.4 is 15.0 Å². The molecular weight excluding hydrogens is 396 g/mol. The fraction of sp³-hybridized carbons (Fsp3) is 0.348. The van der Waals surface area contributed by atoms with Crippen LogP contribution in [0, 0.1) is 11.3 Å². The van der Waals surface area contributed by atoms with Gasteiger partial charge >= 0.3 is 0 Å². The molecule has 0 atom stereocenters. The lowest BCUT2D eigenvalue weighted by Crippen LogP contribution is -2.50. The minimum atomic E-state index is -0.646. The van der Waals surface area contributed by atoms with Gasteiger partial charge in [-0.1, -0.05) is 12.1 Å². The summed E-state index contributed by atoms with van der Waals surface area (Å²) < 4.78 is 16.6. The van der Waals surface area contributed by atoms with Gasteiger partial charge in [-0.15, -0.1) is 0 Å². The number of carbonyl (C=O) groups is 1. The van der Waals surface area contributed by atoms with E-state index in [9.17, 15) is 4.79 Å². The largest absolute Gasteiger partial charge is 0.497 e. The van der Waals surface area contributed by atoms with Crippen molar-refractivity contribution >= 4 is 11.7 Å². The lowest BCUT2D eigenvalue weighted by atomic mass is 9.91. The molecule has 0 bridgehead atoms. The molecule has 1 aliphatic heterocycles. The van der Waals surface area contributed by atoms with Gasteiger partial charge in [-0.05, 0) is 43.7 Å². The Bertz CT molecular complexity index is 978. The normalized spacial score (nSPS) is 14.8. The van der Waals surface area contributed by atoms with Crippen molar-refractivity contribution in [2.45, 2.75) is 19.4 Å². The van der Waals surface area contributed by atoms with E-state index < -0.39 is 5.60 Å². The zero-order chi connectivity index (χ0) is 22.3. The Morgan fingerprint density at radius 2 is 2.19 bits per heavy atom. The van der Waals surface area contributed by atoms with Crippen LogP contribution in [0.5, 0.6) is 5.75 Å². The van der Waals surface area contributed by atoms with E-state index in [4.69, 9.17) is 19.5 Å². The number of benzene rings is 1. The van der Waals surface area contributed by atoms with E-state index in [2.05, 4.69) is 16.4 Å². The second-order valence-corrected chi connectivity index (χ2v) is 7.12. The third kappa shape index (κ3) is 5.20. The maximum Gasteiger partial charge on any atom is 0.250 e. The van der Waals surface area contributed by atoms with Crippen LogP contribution in [-0.2, 0) is 19.9 Å². The average molecular weight is 422 g/mol. The van der Waals surface area contributed by atoms with Gasteiger partial charge in [-0.2, -0.15) is 5.26 Å². The molecule has 1 fully saturated rings. The van der Waals surface area contributed by atoms with Crippen molar-refractivity contribution in [2.24, 2.45) is 0 Å². The molecule has 1 aromatic heterocycles. The number of nitriles is 1. The Kier molecular flexibility index (Phi) is 7.23. The molecule has 3 rings (SSSR count). The number of hydrogen-bond acceptors (Lipinski definition) is 7. The summed E-state index contributed by atoms with van der Waals surface area (Å²) in [5, 5.41) is 11.7. The summed E-state index contributed by atoms with van der Waals surface area (Å²) in [6.07, 6.45) is 3.15. The molecule has 31 heavy (non-hydrogen) atoms. The van der Waals surface area contributed by atoms with Crippen LogP contribution in [0.25, 0.3) is 0 Å². The molecule has 1 saturated heterocycles. The van der Waals surface area contributed by atoms with E-state index in [1.165, 1.54) is 6.20 Å². The SMILES string of the molecule is CCN(/C(C)=C/NC(=O)COC1(c2cccc(OC)c2)COC1)c1ccc(C#N)cn1. The lowest BCUT2D eigenvalue weighted by molar-refractivity contribution is -0.216. The predicted molar refractivity (Wildman–Crippen MR) is 115 cm³/mol. The second-order valence-electron chi connectivity index (χ2n) is 7.12. The van der Waals surface area contributed by atoms with Gasteiger partial charge in [0.15, 0.2) is 0 Å². The minimum absolute atomic E-state index is 0.106. The first-order valence-corrected chi connectivity index (χ1v) is 9.97. The first-order valence-electron chi connectivity index (χ1n) is 9.97. The summed E-state index contributed by atoms with van der Waals surface area (Å²) in [5.74, 6) is 1.16. The molecule has 0 spiro atoms. The predicted octanol–water partition coefficient (Wildman–Crippen LogP) is 2.71. The van der Waals surface area contributed by atoms with Crippen LogP contribution in [0.15, 0.2) is 54.5 Å².